The smallest absolute Gasteiger partial charge is 0.259 e. The van der Waals surface area contributed by atoms with Crippen LogP contribution in [0.25, 0.3) is 0 Å². The number of hydrogen-bond acceptors (Lipinski definition) is 3. The Hall–Kier alpha value is -2.02. The van der Waals surface area contributed by atoms with E-state index in [1.165, 1.54) is 4.90 Å². The third-order valence-electron chi connectivity index (χ3n) is 4.18. The van der Waals surface area contributed by atoms with Crippen molar-refractivity contribution in [1.29, 1.82) is 0 Å². The van der Waals surface area contributed by atoms with Crippen molar-refractivity contribution in [2.45, 2.75) is 39.7 Å². The topological polar surface area (TPSA) is 61.4 Å². The SMILES string of the molecule is Cc1cc(C(=O)N2CCNCC2C(F)F)ccc1NC(=O)CC(C)C. The Labute approximate surface area is 146 Å². The lowest BCUT2D eigenvalue weighted by molar-refractivity contribution is -0.116. The fraction of sp³-hybridized carbons (Fsp3) is 0.556. The standard InChI is InChI=1S/C18H25F2N3O2/c1-11(2)8-16(24)22-14-5-4-13(9-12(14)3)18(25)23-7-6-21-10-15(23)17(19)20/h4-5,9,11,15,17,21H,6-8,10H2,1-3H3,(H,22,24). The number of aryl methyl sites for hydroxylation is 1. The molecular formula is C18H25F2N3O2. The maximum Gasteiger partial charge on any atom is 0.259 e. The van der Waals surface area contributed by atoms with Gasteiger partial charge in [-0.25, -0.2) is 8.78 Å². The summed E-state index contributed by atoms with van der Waals surface area (Å²) in [5, 5.41) is 5.71. The Kier molecular flexibility index (Phi) is 6.47. The number of halogens is 2. The van der Waals surface area contributed by atoms with Crippen LogP contribution < -0.4 is 10.6 Å². The van der Waals surface area contributed by atoms with Gasteiger partial charge in [0.1, 0.15) is 6.04 Å². The zero-order chi connectivity index (χ0) is 18.6. The van der Waals surface area contributed by atoms with Gasteiger partial charge in [-0.15, -0.1) is 0 Å². The van der Waals surface area contributed by atoms with Gasteiger partial charge in [-0.1, -0.05) is 13.8 Å². The highest BCUT2D eigenvalue weighted by Gasteiger charge is 2.33. The summed E-state index contributed by atoms with van der Waals surface area (Å²) in [6, 6.07) is 3.75. The molecule has 2 rings (SSSR count). The molecule has 2 amide bonds. The predicted molar refractivity (Wildman–Crippen MR) is 93.0 cm³/mol. The second kappa shape index (κ2) is 8.38. The summed E-state index contributed by atoms with van der Waals surface area (Å²) < 4.78 is 26.3. The van der Waals surface area contributed by atoms with Crippen molar-refractivity contribution in [1.82, 2.24) is 10.2 Å². The van der Waals surface area contributed by atoms with Gasteiger partial charge in [0.05, 0.1) is 0 Å². The zero-order valence-electron chi connectivity index (χ0n) is 14.8. The summed E-state index contributed by atoms with van der Waals surface area (Å²) in [4.78, 5) is 25.7. The molecule has 0 radical (unpaired) electrons. The minimum absolute atomic E-state index is 0.0861. The first kappa shape index (κ1) is 19.3. The molecule has 5 nitrogen and oxygen atoms in total. The molecule has 138 valence electrons. The van der Waals surface area contributed by atoms with Crippen LogP contribution in [0.15, 0.2) is 18.2 Å². The fourth-order valence-electron chi connectivity index (χ4n) is 2.88. The first-order valence-corrected chi connectivity index (χ1v) is 8.50. The number of nitrogens with one attached hydrogen (secondary N) is 2. The molecule has 1 unspecified atom stereocenters. The molecular weight excluding hydrogens is 328 g/mol. The molecule has 0 aromatic heterocycles. The quantitative estimate of drug-likeness (QED) is 0.856. The van der Waals surface area contributed by atoms with Gasteiger partial charge in [0, 0.05) is 37.3 Å². The van der Waals surface area contributed by atoms with Crippen molar-refractivity contribution in [2.24, 2.45) is 5.92 Å². The summed E-state index contributed by atoms with van der Waals surface area (Å²) in [6.45, 7) is 6.54. The van der Waals surface area contributed by atoms with Gasteiger partial charge in [-0.05, 0) is 36.6 Å². The van der Waals surface area contributed by atoms with Crippen LogP contribution in [-0.4, -0.2) is 48.8 Å². The number of hydrogen-bond donors (Lipinski definition) is 2. The van der Waals surface area contributed by atoms with E-state index in [4.69, 9.17) is 0 Å². The highest BCUT2D eigenvalue weighted by atomic mass is 19.3. The average molecular weight is 353 g/mol. The zero-order valence-corrected chi connectivity index (χ0v) is 14.8. The van der Waals surface area contributed by atoms with Gasteiger partial charge >= 0.3 is 0 Å². The summed E-state index contributed by atoms with van der Waals surface area (Å²) in [5.41, 5.74) is 1.71. The summed E-state index contributed by atoms with van der Waals surface area (Å²) in [5.74, 6) is -0.243. The van der Waals surface area contributed by atoms with Crippen LogP contribution in [0.3, 0.4) is 0 Å². The van der Waals surface area contributed by atoms with E-state index in [0.717, 1.165) is 5.56 Å². The van der Waals surface area contributed by atoms with Crippen LogP contribution in [0.4, 0.5) is 14.5 Å². The molecule has 1 atom stereocenters. The number of nitrogens with zero attached hydrogens (tertiary/aromatic N) is 1. The lowest BCUT2D eigenvalue weighted by atomic mass is 10.1. The molecule has 0 aliphatic carbocycles. The van der Waals surface area contributed by atoms with Gasteiger partial charge in [-0.3, -0.25) is 9.59 Å². The molecule has 1 aromatic carbocycles. The molecule has 7 heteroatoms. The van der Waals surface area contributed by atoms with E-state index in [1.807, 2.05) is 13.8 Å². The Bertz CT molecular complexity index is 635. The summed E-state index contributed by atoms with van der Waals surface area (Å²) in [7, 11) is 0. The number of alkyl halides is 2. The van der Waals surface area contributed by atoms with E-state index >= 15 is 0 Å². The van der Waals surface area contributed by atoms with Crippen LogP contribution >= 0.6 is 0 Å². The number of carbonyl (C=O) groups excluding carboxylic acids is 2. The first-order chi connectivity index (χ1) is 11.8. The van der Waals surface area contributed by atoms with Crippen LogP contribution in [0.5, 0.6) is 0 Å². The Morgan fingerprint density at radius 2 is 2.08 bits per heavy atom. The van der Waals surface area contributed by atoms with E-state index in [2.05, 4.69) is 10.6 Å². The molecule has 0 bridgehead atoms. The lowest BCUT2D eigenvalue weighted by Crippen LogP contribution is -2.56. The highest BCUT2D eigenvalue weighted by Crippen LogP contribution is 2.21. The van der Waals surface area contributed by atoms with Crippen molar-refractivity contribution in [2.75, 3.05) is 25.0 Å². The number of benzene rings is 1. The number of piperazine rings is 1. The van der Waals surface area contributed by atoms with E-state index in [0.29, 0.717) is 24.2 Å². The maximum absolute atomic E-state index is 13.2. The molecule has 1 aromatic rings. The van der Waals surface area contributed by atoms with Gasteiger partial charge in [0.2, 0.25) is 5.91 Å². The molecule has 25 heavy (non-hydrogen) atoms. The van der Waals surface area contributed by atoms with E-state index in [1.54, 1.807) is 25.1 Å². The lowest BCUT2D eigenvalue weighted by Gasteiger charge is -2.35. The van der Waals surface area contributed by atoms with Gasteiger partial charge in [0.25, 0.3) is 12.3 Å². The number of rotatable bonds is 5. The van der Waals surface area contributed by atoms with Crippen molar-refractivity contribution < 1.29 is 18.4 Å². The van der Waals surface area contributed by atoms with E-state index in [9.17, 15) is 18.4 Å². The van der Waals surface area contributed by atoms with Crippen LogP contribution in [-0.2, 0) is 4.79 Å². The first-order valence-electron chi connectivity index (χ1n) is 8.50. The molecule has 2 N–H and O–H groups in total. The van der Waals surface area contributed by atoms with Crippen molar-refractivity contribution in [3.8, 4) is 0 Å². The fourth-order valence-corrected chi connectivity index (χ4v) is 2.88. The second-order valence-corrected chi connectivity index (χ2v) is 6.78. The monoisotopic (exact) mass is 353 g/mol. The summed E-state index contributed by atoms with van der Waals surface area (Å²) in [6.07, 6.45) is -2.18. The minimum Gasteiger partial charge on any atom is -0.327 e. The van der Waals surface area contributed by atoms with Crippen LogP contribution in [0.1, 0.15) is 36.2 Å². The molecule has 0 spiro atoms. The van der Waals surface area contributed by atoms with Crippen molar-refractivity contribution >= 4 is 17.5 Å². The molecule has 1 aliphatic heterocycles. The van der Waals surface area contributed by atoms with Gasteiger partial charge in [0.15, 0.2) is 0 Å². The Morgan fingerprint density at radius 3 is 2.68 bits per heavy atom. The molecule has 1 aliphatic rings. The maximum atomic E-state index is 13.2. The normalized spacial score (nSPS) is 17.9. The number of anilines is 1. The summed E-state index contributed by atoms with van der Waals surface area (Å²) >= 11 is 0. The van der Waals surface area contributed by atoms with E-state index in [-0.39, 0.29) is 24.9 Å². The largest absolute Gasteiger partial charge is 0.327 e. The number of amides is 2. The van der Waals surface area contributed by atoms with E-state index < -0.39 is 18.4 Å². The molecule has 1 heterocycles. The van der Waals surface area contributed by atoms with Crippen molar-refractivity contribution in [3.63, 3.8) is 0 Å². The molecule has 0 saturated carbocycles. The minimum atomic E-state index is -2.59. The third kappa shape index (κ3) is 4.98. The van der Waals surface area contributed by atoms with Crippen LogP contribution in [0.2, 0.25) is 0 Å². The number of carbonyl (C=O) groups is 2. The highest BCUT2D eigenvalue weighted by molar-refractivity contribution is 5.96. The Morgan fingerprint density at radius 1 is 1.36 bits per heavy atom. The average Bonchev–Trinajstić information content (AvgIpc) is 2.55. The molecule has 1 saturated heterocycles. The van der Waals surface area contributed by atoms with Crippen molar-refractivity contribution in [3.05, 3.63) is 29.3 Å². The Balaban J connectivity index is 2.13. The second-order valence-electron chi connectivity index (χ2n) is 6.78. The van der Waals surface area contributed by atoms with Gasteiger partial charge < -0.3 is 15.5 Å². The third-order valence-corrected chi connectivity index (χ3v) is 4.18. The van der Waals surface area contributed by atoms with Gasteiger partial charge in [-0.2, -0.15) is 0 Å². The molecule has 1 fully saturated rings. The van der Waals surface area contributed by atoms with Crippen LogP contribution in [0, 0.1) is 12.8 Å². The predicted octanol–water partition coefficient (Wildman–Crippen LogP) is 2.66.